The van der Waals surface area contributed by atoms with Crippen molar-refractivity contribution in [3.63, 3.8) is 0 Å². The van der Waals surface area contributed by atoms with E-state index in [9.17, 15) is 8.42 Å². The molecule has 1 saturated carbocycles. The van der Waals surface area contributed by atoms with Crippen LogP contribution in [0.15, 0.2) is 21.7 Å². The fourth-order valence-corrected chi connectivity index (χ4v) is 5.19. The Morgan fingerprint density at radius 2 is 2.17 bits per heavy atom. The van der Waals surface area contributed by atoms with Crippen molar-refractivity contribution in [1.82, 2.24) is 4.72 Å². The van der Waals surface area contributed by atoms with Crippen molar-refractivity contribution in [1.29, 1.82) is 0 Å². The minimum Gasteiger partial charge on any atom is -0.206 e. The van der Waals surface area contributed by atoms with Gasteiger partial charge in [-0.1, -0.05) is 13.0 Å². The molecule has 0 saturated heterocycles. The van der Waals surface area contributed by atoms with E-state index in [-0.39, 0.29) is 0 Å². The second kappa shape index (κ2) is 5.49. The number of alkyl halides is 1. The first-order chi connectivity index (χ1) is 8.47. The van der Waals surface area contributed by atoms with Crippen molar-refractivity contribution >= 4 is 33.0 Å². The molecule has 1 aliphatic carbocycles. The van der Waals surface area contributed by atoms with E-state index in [1.807, 2.05) is 0 Å². The van der Waals surface area contributed by atoms with Gasteiger partial charge in [-0.15, -0.1) is 22.9 Å². The molecule has 1 aliphatic rings. The molecule has 6 heteroatoms. The minimum atomic E-state index is -3.42. The van der Waals surface area contributed by atoms with E-state index < -0.39 is 15.6 Å². The largest absolute Gasteiger partial charge is 0.250 e. The molecule has 0 aliphatic heterocycles. The summed E-state index contributed by atoms with van der Waals surface area (Å²) in [5.74, 6) is 0.997. The molecule has 2 rings (SSSR count). The normalized spacial score (nSPS) is 29.3. The van der Waals surface area contributed by atoms with E-state index in [1.165, 1.54) is 11.3 Å². The van der Waals surface area contributed by atoms with Gasteiger partial charge in [0.15, 0.2) is 0 Å². The smallest absolute Gasteiger partial charge is 0.206 e. The molecule has 0 spiro atoms. The summed E-state index contributed by atoms with van der Waals surface area (Å²) < 4.78 is 27.7. The molecule has 0 aromatic carbocycles. The molecule has 0 atom stereocenters. The van der Waals surface area contributed by atoms with Gasteiger partial charge in [0.25, 0.3) is 10.0 Å². The lowest BCUT2D eigenvalue weighted by Crippen LogP contribution is -2.51. The van der Waals surface area contributed by atoms with Gasteiger partial charge < -0.3 is 0 Å². The van der Waals surface area contributed by atoms with E-state index in [0.717, 1.165) is 25.7 Å². The summed E-state index contributed by atoms with van der Waals surface area (Å²) in [7, 11) is -3.42. The Labute approximate surface area is 118 Å². The molecule has 1 fully saturated rings. The van der Waals surface area contributed by atoms with Crippen LogP contribution >= 0.6 is 22.9 Å². The van der Waals surface area contributed by atoms with Gasteiger partial charge in [-0.25, -0.2) is 13.1 Å². The van der Waals surface area contributed by atoms with Crippen LogP contribution in [-0.2, 0) is 10.0 Å². The molecule has 0 bridgehead atoms. The molecule has 0 amide bonds. The molecule has 0 unspecified atom stereocenters. The van der Waals surface area contributed by atoms with E-state index in [1.54, 1.807) is 17.5 Å². The highest BCUT2D eigenvalue weighted by atomic mass is 35.5. The molecular formula is C12H18ClNO2S2. The fourth-order valence-electron chi connectivity index (χ4n) is 2.33. The summed E-state index contributed by atoms with van der Waals surface area (Å²) in [5, 5.41) is 1.77. The third-order valence-corrected chi connectivity index (χ3v) is 7.09. The highest BCUT2D eigenvalue weighted by molar-refractivity contribution is 7.91. The van der Waals surface area contributed by atoms with E-state index in [0.29, 0.717) is 16.0 Å². The third-order valence-electron chi connectivity index (χ3n) is 3.60. The highest BCUT2D eigenvalue weighted by Gasteiger charge is 2.37. The summed E-state index contributed by atoms with van der Waals surface area (Å²) in [5.41, 5.74) is -0.461. The van der Waals surface area contributed by atoms with Crippen LogP contribution in [0.3, 0.4) is 0 Å². The molecule has 0 radical (unpaired) electrons. The molecule has 1 aromatic heterocycles. The number of sulfonamides is 1. The van der Waals surface area contributed by atoms with E-state index in [4.69, 9.17) is 11.6 Å². The van der Waals surface area contributed by atoms with E-state index >= 15 is 0 Å². The molecule has 1 N–H and O–H groups in total. The summed E-state index contributed by atoms with van der Waals surface area (Å²) in [6.45, 7) is 2.20. The second-order valence-electron chi connectivity index (χ2n) is 5.13. The van der Waals surface area contributed by atoms with Crippen molar-refractivity contribution in [2.75, 3.05) is 5.88 Å². The first-order valence-corrected chi connectivity index (χ1v) is 9.01. The zero-order valence-corrected chi connectivity index (χ0v) is 12.7. The van der Waals surface area contributed by atoms with Crippen molar-refractivity contribution in [3.05, 3.63) is 17.5 Å². The SMILES string of the molecule is CC1CCC(CCl)(NS(=O)(=O)c2cccs2)CC1. The van der Waals surface area contributed by atoms with Crippen LogP contribution in [-0.4, -0.2) is 19.8 Å². The highest BCUT2D eigenvalue weighted by Crippen LogP contribution is 2.34. The summed E-state index contributed by atoms with van der Waals surface area (Å²) in [4.78, 5) is 0. The van der Waals surface area contributed by atoms with Crippen molar-refractivity contribution in [2.24, 2.45) is 5.92 Å². The van der Waals surface area contributed by atoms with Crippen LogP contribution in [0, 0.1) is 5.92 Å². The third kappa shape index (κ3) is 3.07. The number of thiophene rings is 1. The average Bonchev–Trinajstić information content (AvgIpc) is 2.87. The Balaban J connectivity index is 2.16. The molecular weight excluding hydrogens is 290 g/mol. The van der Waals surface area contributed by atoms with Crippen molar-refractivity contribution < 1.29 is 8.42 Å². The summed E-state index contributed by atoms with van der Waals surface area (Å²) in [6, 6.07) is 3.37. The monoisotopic (exact) mass is 307 g/mol. The summed E-state index contributed by atoms with van der Waals surface area (Å²) >= 11 is 7.26. The number of rotatable bonds is 4. The van der Waals surface area contributed by atoms with Crippen molar-refractivity contribution in [3.8, 4) is 0 Å². The van der Waals surface area contributed by atoms with Crippen LogP contribution in [0.25, 0.3) is 0 Å². The fraction of sp³-hybridized carbons (Fsp3) is 0.667. The number of halogens is 1. The Morgan fingerprint density at radius 1 is 1.50 bits per heavy atom. The number of hydrogen-bond acceptors (Lipinski definition) is 3. The Kier molecular flexibility index (Phi) is 4.36. The van der Waals surface area contributed by atoms with E-state index in [2.05, 4.69) is 11.6 Å². The zero-order chi connectivity index (χ0) is 13.2. The lowest BCUT2D eigenvalue weighted by molar-refractivity contribution is 0.247. The Bertz CT molecular complexity index is 476. The van der Waals surface area contributed by atoms with Gasteiger partial charge in [-0.3, -0.25) is 0 Å². The topological polar surface area (TPSA) is 46.2 Å². The maximum atomic E-state index is 12.2. The standard InChI is InChI=1S/C12H18ClNO2S2/c1-10-4-6-12(9-13,7-5-10)14-18(15,16)11-3-2-8-17-11/h2-3,8,10,14H,4-7,9H2,1H3. The molecule has 1 heterocycles. The van der Waals surface area contributed by atoms with Gasteiger partial charge in [0, 0.05) is 11.4 Å². The Morgan fingerprint density at radius 3 is 2.67 bits per heavy atom. The Hall–Kier alpha value is -0.100. The first kappa shape index (κ1) is 14.3. The second-order valence-corrected chi connectivity index (χ2v) is 8.26. The molecule has 18 heavy (non-hydrogen) atoms. The first-order valence-electron chi connectivity index (χ1n) is 6.11. The van der Waals surface area contributed by atoms with Gasteiger partial charge >= 0.3 is 0 Å². The van der Waals surface area contributed by atoms with Crippen LogP contribution < -0.4 is 4.72 Å². The van der Waals surface area contributed by atoms with Crippen LogP contribution in [0.4, 0.5) is 0 Å². The van der Waals surface area contributed by atoms with Gasteiger partial charge in [0.05, 0.1) is 0 Å². The lowest BCUT2D eigenvalue weighted by atomic mass is 9.79. The molecule has 1 aromatic rings. The van der Waals surface area contributed by atoms with Gasteiger partial charge in [0.2, 0.25) is 0 Å². The molecule has 3 nitrogen and oxygen atoms in total. The summed E-state index contributed by atoms with van der Waals surface area (Å²) in [6.07, 6.45) is 3.70. The predicted molar refractivity (Wildman–Crippen MR) is 75.7 cm³/mol. The molecule has 102 valence electrons. The van der Waals surface area contributed by atoms with Crippen LogP contribution in [0.1, 0.15) is 32.6 Å². The van der Waals surface area contributed by atoms with Gasteiger partial charge in [-0.05, 0) is 43.0 Å². The van der Waals surface area contributed by atoms with Crippen LogP contribution in [0.2, 0.25) is 0 Å². The maximum absolute atomic E-state index is 12.2. The van der Waals surface area contributed by atoms with Crippen LogP contribution in [0.5, 0.6) is 0 Å². The van der Waals surface area contributed by atoms with Crippen molar-refractivity contribution in [2.45, 2.75) is 42.4 Å². The van der Waals surface area contributed by atoms with Gasteiger partial charge in [-0.2, -0.15) is 0 Å². The minimum absolute atomic E-state index is 0.338. The predicted octanol–water partition coefficient (Wildman–Crippen LogP) is 3.21. The van der Waals surface area contributed by atoms with Gasteiger partial charge in [0.1, 0.15) is 4.21 Å². The number of hydrogen-bond donors (Lipinski definition) is 1. The quantitative estimate of drug-likeness (QED) is 0.868. The number of nitrogens with one attached hydrogen (secondary N) is 1. The average molecular weight is 308 g/mol. The maximum Gasteiger partial charge on any atom is 0.250 e. The zero-order valence-electron chi connectivity index (χ0n) is 10.4. The lowest BCUT2D eigenvalue weighted by Gasteiger charge is -2.38.